The van der Waals surface area contributed by atoms with E-state index in [1.165, 1.54) is 18.7 Å². The van der Waals surface area contributed by atoms with E-state index in [0.29, 0.717) is 33.8 Å². The number of carbonyl (C=O) groups excluding carboxylic acids is 2. The van der Waals surface area contributed by atoms with Crippen LogP contribution < -0.4 is 25.4 Å². The maximum absolute atomic E-state index is 13.0. The maximum atomic E-state index is 13.0. The molecule has 0 saturated heterocycles. The summed E-state index contributed by atoms with van der Waals surface area (Å²) in [5, 5.41) is 9.27. The summed E-state index contributed by atoms with van der Waals surface area (Å²) in [7, 11) is 1.56. The maximum Gasteiger partial charge on any atom is 0.255 e. The molecule has 2 aromatic rings. The van der Waals surface area contributed by atoms with Gasteiger partial charge in [0.1, 0.15) is 5.37 Å². The monoisotopic (exact) mass is 506 g/mol. The third-order valence-electron chi connectivity index (χ3n) is 6.12. The predicted molar refractivity (Wildman–Crippen MR) is 143 cm³/mol. The first kappa shape index (κ1) is 25.4. The Hall–Kier alpha value is -3.72. The van der Waals surface area contributed by atoms with Crippen molar-refractivity contribution in [2.45, 2.75) is 44.9 Å². The van der Waals surface area contributed by atoms with Gasteiger partial charge in [-0.2, -0.15) is 0 Å². The number of benzene rings is 2. The minimum Gasteiger partial charge on any atom is -0.493 e. The van der Waals surface area contributed by atoms with Crippen LogP contribution >= 0.6 is 11.8 Å². The normalized spacial score (nSPS) is 16.6. The van der Waals surface area contributed by atoms with Crippen molar-refractivity contribution in [1.29, 1.82) is 0 Å². The van der Waals surface area contributed by atoms with Crippen molar-refractivity contribution in [2.75, 3.05) is 12.4 Å². The molecule has 1 atom stereocenters. The zero-order valence-electron chi connectivity index (χ0n) is 21.0. The summed E-state index contributed by atoms with van der Waals surface area (Å²) in [5.74, 6) is 1.08. The summed E-state index contributed by atoms with van der Waals surface area (Å²) in [5.41, 5.74) is 3.06. The van der Waals surface area contributed by atoms with Gasteiger partial charge in [0.05, 0.1) is 12.8 Å². The van der Waals surface area contributed by atoms with Crippen LogP contribution in [-0.2, 0) is 10.2 Å². The van der Waals surface area contributed by atoms with Crippen LogP contribution in [0.2, 0.25) is 0 Å². The van der Waals surface area contributed by atoms with E-state index in [1.807, 2.05) is 24.3 Å². The van der Waals surface area contributed by atoms with E-state index in [0.717, 1.165) is 17.7 Å². The molecule has 3 N–H and O–H groups in total. The predicted octanol–water partition coefficient (Wildman–Crippen LogP) is 4.91. The van der Waals surface area contributed by atoms with Crippen molar-refractivity contribution in [3.05, 3.63) is 77.3 Å². The van der Waals surface area contributed by atoms with Gasteiger partial charge in [0.2, 0.25) is 5.91 Å². The Morgan fingerprint density at radius 1 is 1.11 bits per heavy atom. The average Bonchev–Trinajstić information content (AvgIpc) is 3.25. The molecular formula is C27H30N4O4S. The first-order valence-corrected chi connectivity index (χ1v) is 12.6. The highest BCUT2D eigenvalue weighted by Gasteiger charge is 2.29. The Morgan fingerprint density at radius 3 is 2.64 bits per heavy atom. The number of hydrogen-bond acceptors (Lipinski definition) is 7. The zero-order chi connectivity index (χ0) is 25.9. The van der Waals surface area contributed by atoms with Crippen LogP contribution in [-0.4, -0.2) is 29.5 Å². The van der Waals surface area contributed by atoms with E-state index in [-0.39, 0.29) is 22.6 Å². The van der Waals surface area contributed by atoms with Gasteiger partial charge in [0.25, 0.3) is 5.91 Å². The van der Waals surface area contributed by atoms with Crippen LogP contribution in [0.3, 0.4) is 0 Å². The third kappa shape index (κ3) is 5.73. The Balaban J connectivity index is 1.49. The van der Waals surface area contributed by atoms with E-state index in [4.69, 9.17) is 9.47 Å². The highest BCUT2D eigenvalue weighted by Crippen LogP contribution is 2.35. The molecule has 9 heteroatoms. The van der Waals surface area contributed by atoms with Crippen LogP contribution in [0.15, 0.2) is 71.2 Å². The molecule has 2 amide bonds. The molecular weight excluding hydrogens is 476 g/mol. The van der Waals surface area contributed by atoms with Gasteiger partial charge in [-0.1, -0.05) is 44.7 Å². The second-order valence-corrected chi connectivity index (χ2v) is 10.2. The molecule has 2 aliphatic rings. The molecule has 2 aromatic carbocycles. The molecule has 2 aliphatic heterocycles. The summed E-state index contributed by atoms with van der Waals surface area (Å²) in [6, 6.07) is 12.9. The molecule has 1 unspecified atom stereocenters. The van der Waals surface area contributed by atoms with Crippen LogP contribution in [0.1, 0.15) is 50.0 Å². The minimum atomic E-state index is -0.201. The van der Waals surface area contributed by atoms with Gasteiger partial charge >= 0.3 is 0 Å². The average molecular weight is 507 g/mol. The number of allylic oxidation sites excluding steroid dienone is 2. The number of thioether (sulfide) groups is 1. The number of amidine groups is 1. The molecule has 0 aromatic heterocycles. The Kier molecular flexibility index (Phi) is 7.40. The number of fused-ring (bicyclic) bond motifs is 1. The number of hydrogen-bond donors (Lipinski definition) is 3. The largest absolute Gasteiger partial charge is 0.493 e. The van der Waals surface area contributed by atoms with Crippen LogP contribution in [0.5, 0.6) is 11.5 Å². The van der Waals surface area contributed by atoms with Gasteiger partial charge < -0.3 is 25.4 Å². The van der Waals surface area contributed by atoms with Crippen molar-refractivity contribution in [2.24, 2.45) is 4.99 Å². The fourth-order valence-corrected chi connectivity index (χ4v) is 4.66. The lowest BCUT2D eigenvalue weighted by molar-refractivity contribution is -0.117. The SMILES string of the molecule is CCC(C)(C)c1cccc(C(=O)Nc2ccc(OC)c(OC3=CC=C4N=C(NC(C)=O)SC4N3)c2)c1. The molecule has 4 rings (SSSR count). The lowest BCUT2D eigenvalue weighted by Gasteiger charge is -2.23. The Labute approximate surface area is 215 Å². The van der Waals surface area contributed by atoms with E-state index in [2.05, 4.69) is 47.8 Å². The van der Waals surface area contributed by atoms with E-state index in [1.54, 1.807) is 31.4 Å². The second-order valence-electron chi connectivity index (χ2n) is 9.10. The number of anilines is 1. The fourth-order valence-electron chi connectivity index (χ4n) is 3.65. The highest BCUT2D eigenvalue weighted by atomic mass is 32.2. The van der Waals surface area contributed by atoms with Crippen molar-refractivity contribution >= 4 is 34.4 Å². The van der Waals surface area contributed by atoms with Gasteiger partial charge in [-0.3, -0.25) is 9.59 Å². The van der Waals surface area contributed by atoms with Crippen molar-refractivity contribution in [1.82, 2.24) is 10.6 Å². The van der Waals surface area contributed by atoms with E-state index < -0.39 is 0 Å². The van der Waals surface area contributed by atoms with Crippen molar-refractivity contribution < 1.29 is 19.1 Å². The summed E-state index contributed by atoms with van der Waals surface area (Å²) < 4.78 is 11.5. The van der Waals surface area contributed by atoms with Crippen LogP contribution in [0.4, 0.5) is 5.69 Å². The summed E-state index contributed by atoms with van der Waals surface area (Å²) in [6.07, 6.45) is 4.57. The lowest BCUT2D eigenvalue weighted by Crippen LogP contribution is -2.31. The van der Waals surface area contributed by atoms with Gasteiger partial charge in [-0.25, -0.2) is 4.99 Å². The lowest BCUT2D eigenvalue weighted by atomic mass is 9.81. The number of dihydropyridines is 1. The molecule has 8 nitrogen and oxygen atoms in total. The zero-order valence-corrected chi connectivity index (χ0v) is 21.8. The number of methoxy groups -OCH3 is 1. The summed E-state index contributed by atoms with van der Waals surface area (Å²) in [4.78, 5) is 28.7. The first-order chi connectivity index (χ1) is 17.2. The topological polar surface area (TPSA) is 101 Å². The van der Waals surface area contributed by atoms with Gasteiger partial charge in [0.15, 0.2) is 22.5 Å². The third-order valence-corrected chi connectivity index (χ3v) is 7.13. The number of amides is 2. The minimum absolute atomic E-state index is 0.0159. The molecule has 188 valence electrons. The van der Waals surface area contributed by atoms with Crippen LogP contribution in [0, 0.1) is 0 Å². The van der Waals surface area contributed by atoms with Crippen LogP contribution in [0.25, 0.3) is 0 Å². The summed E-state index contributed by atoms with van der Waals surface area (Å²) in [6.45, 7) is 7.92. The quantitative estimate of drug-likeness (QED) is 0.494. The number of nitrogens with zero attached hydrogens (tertiary/aromatic N) is 1. The van der Waals surface area contributed by atoms with Crippen molar-refractivity contribution in [3.63, 3.8) is 0 Å². The molecule has 0 bridgehead atoms. The molecule has 0 saturated carbocycles. The fraction of sp³-hybridized carbons (Fsp3) is 0.296. The standard InChI is InChI=1S/C27H30N4O4S/c1-6-27(3,4)18-9-7-8-17(14-18)24(33)29-19-10-12-21(34-5)22(15-19)35-23-13-11-20-25(31-23)36-26(30-20)28-16(2)32/h7-15,25,31H,6H2,1-5H3,(H,29,33)(H,28,30,32). The second kappa shape index (κ2) is 10.5. The molecule has 36 heavy (non-hydrogen) atoms. The van der Waals surface area contributed by atoms with Gasteiger partial charge in [0, 0.05) is 30.3 Å². The van der Waals surface area contributed by atoms with E-state index >= 15 is 0 Å². The van der Waals surface area contributed by atoms with Gasteiger partial charge in [-0.05, 0) is 47.7 Å². The van der Waals surface area contributed by atoms with E-state index in [9.17, 15) is 9.59 Å². The highest BCUT2D eigenvalue weighted by molar-refractivity contribution is 8.14. The number of ether oxygens (including phenoxy) is 2. The molecule has 0 fully saturated rings. The summed E-state index contributed by atoms with van der Waals surface area (Å²) >= 11 is 1.39. The Bertz CT molecular complexity index is 1280. The smallest absolute Gasteiger partial charge is 0.255 e. The number of carbonyl (C=O) groups is 2. The molecule has 0 spiro atoms. The molecule has 0 aliphatic carbocycles. The number of aliphatic imine (C=N–C) groups is 1. The number of nitrogens with one attached hydrogen (secondary N) is 3. The Morgan fingerprint density at radius 2 is 1.92 bits per heavy atom. The number of rotatable bonds is 7. The first-order valence-electron chi connectivity index (χ1n) is 11.7. The van der Waals surface area contributed by atoms with Gasteiger partial charge in [-0.15, -0.1) is 0 Å². The van der Waals surface area contributed by atoms with Crippen molar-refractivity contribution in [3.8, 4) is 11.5 Å². The molecule has 2 heterocycles. The molecule has 0 radical (unpaired) electrons.